The summed E-state index contributed by atoms with van der Waals surface area (Å²) in [5.74, 6) is 3.49. The van der Waals surface area contributed by atoms with E-state index in [1.54, 1.807) is 7.11 Å². The van der Waals surface area contributed by atoms with E-state index < -0.39 is 0 Å². The molecular weight excluding hydrogens is 414 g/mol. The molecular formula is C27H27N3O3. The molecule has 0 saturated carbocycles. The van der Waals surface area contributed by atoms with Crippen molar-refractivity contribution in [3.8, 4) is 17.2 Å². The van der Waals surface area contributed by atoms with Crippen molar-refractivity contribution in [1.82, 2.24) is 9.80 Å². The molecule has 0 bridgehead atoms. The van der Waals surface area contributed by atoms with Gasteiger partial charge >= 0.3 is 0 Å². The Morgan fingerprint density at radius 1 is 0.909 bits per heavy atom. The van der Waals surface area contributed by atoms with Crippen molar-refractivity contribution in [2.75, 3.05) is 33.3 Å². The van der Waals surface area contributed by atoms with E-state index in [1.165, 1.54) is 0 Å². The fourth-order valence-corrected chi connectivity index (χ4v) is 4.28. The van der Waals surface area contributed by atoms with Gasteiger partial charge in [0.15, 0.2) is 5.75 Å². The Bertz CT molecular complexity index is 1170. The number of amides is 1. The van der Waals surface area contributed by atoms with Crippen molar-refractivity contribution < 1.29 is 14.3 Å². The number of carbonyl (C=O) groups excluding carboxylic acids is 1. The Hall–Kier alpha value is -3.80. The molecule has 0 N–H and O–H groups in total. The molecule has 168 valence electrons. The quantitative estimate of drug-likeness (QED) is 0.591. The van der Waals surface area contributed by atoms with Crippen LogP contribution in [0.1, 0.15) is 17.5 Å². The predicted octanol–water partition coefficient (Wildman–Crippen LogP) is 4.66. The van der Waals surface area contributed by atoms with Crippen molar-refractivity contribution in [2.24, 2.45) is 4.99 Å². The Balaban J connectivity index is 1.25. The van der Waals surface area contributed by atoms with Crippen molar-refractivity contribution in [2.45, 2.75) is 12.8 Å². The van der Waals surface area contributed by atoms with Gasteiger partial charge in [0.25, 0.3) is 0 Å². The van der Waals surface area contributed by atoms with Crippen LogP contribution in [-0.4, -0.2) is 54.8 Å². The van der Waals surface area contributed by atoms with Gasteiger partial charge in [-0.15, -0.1) is 0 Å². The molecule has 0 aliphatic carbocycles. The SMILES string of the molecule is COc1ccc(CCC(=O)N2CCN(C3=Nc4ccccc4Oc4ccccc43)CC2)cc1. The third-order valence-electron chi connectivity index (χ3n) is 6.16. The Morgan fingerprint density at radius 2 is 1.61 bits per heavy atom. The summed E-state index contributed by atoms with van der Waals surface area (Å²) in [6, 6.07) is 23.8. The number of aliphatic imine (C=N–C) groups is 1. The molecule has 1 saturated heterocycles. The number of aryl methyl sites for hydroxylation is 1. The maximum absolute atomic E-state index is 12.8. The van der Waals surface area contributed by atoms with E-state index in [0.717, 1.165) is 59.4 Å². The maximum Gasteiger partial charge on any atom is 0.223 e. The van der Waals surface area contributed by atoms with Crippen LogP contribution >= 0.6 is 0 Å². The number of hydrogen-bond donors (Lipinski definition) is 0. The average molecular weight is 442 g/mol. The van der Waals surface area contributed by atoms with E-state index in [0.29, 0.717) is 19.5 Å². The van der Waals surface area contributed by atoms with Gasteiger partial charge in [0.2, 0.25) is 5.91 Å². The molecule has 3 aromatic carbocycles. The number of amidine groups is 1. The first-order chi connectivity index (χ1) is 16.2. The highest BCUT2D eigenvalue weighted by Gasteiger charge is 2.27. The van der Waals surface area contributed by atoms with Crippen LogP contribution in [0.25, 0.3) is 0 Å². The van der Waals surface area contributed by atoms with Gasteiger partial charge in [0, 0.05) is 32.6 Å². The first-order valence-corrected chi connectivity index (χ1v) is 11.3. The molecule has 0 atom stereocenters. The second kappa shape index (κ2) is 9.36. The number of fused-ring (bicyclic) bond motifs is 2. The van der Waals surface area contributed by atoms with Crippen LogP contribution in [0.4, 0.5) is 5.69 Å². The summed E-state index contributed by atoms with van der Waals surface area (Å²) in [5, 5.41) is 0. The lowest BCUT2D eigenvalue weighted by molar-refractivity contribution is -0.132. The van der Waals surface area contributed by atoms with Crippen LogP contribution in [0.3, 0.4) is 0 Å². The molecule has 0 aromatic heterocycles. The fourth-order valence-electron chi connectivity index (χ4n) is 4.28. The third-order valence-corrected chi connectivity index (χ3v) is 6.16. The summed E-state index contributed by atoms with van der Waals surface area (Å²) < 4.78 is 11.4. The minimum atomic E-state index is 0.197. The van der Waals surface area contributed by atoms with Crippen molar-refractivity contribution >= 4 is 17.4 Å². The summed E-state index contributed by atoms with van der Waals surface area (Å²) in [6.07, 6.45) is 1.24. The molecule has 2 heterocycles. The lowest BCUT2D eigenvalue weighted by atomic mass is 10.1. The highest BCUT2D eigenvalue weighted by Crippen LogP contribution is 2.37. The molecule has 1 fully saturated rings. The van der Waals surface area contributed by atoms with E-state index in [1.807, 2.05) is 77.7 Å². The van der Waals surface area contributed by atoms with Gasteiger partial charge in [0.05, 0.1) is 12.7 Å². The van der Waals surface area contributed by atoms with Crippen LogP contribution in [0.15, 0.2) is 77.8 Å². The number of hydrogen-bond acceptors (Lipinski definition) is 5. The molecule has 2 aliphatic rings. The number of piperazine rings is 1. The van der Waals surface area contributed by atoms with Gasteiger partial charge in [-0.25, -0.2) is 4.99 Å². The van der Waals surface area contributed by atoms with Crippen LogP contribution in [0.2, 0.25) is 0 Å². The zero-order chi connectivity index (χ0) is 22.6. The molecule has 0 unspecified atom stereocenters. The molecule has 33 heavy (non-hydrogen) atoms. The maximum atomic E-state index is 12.8. The highest BCUT2D eigenvalue weighted by molar-refractivity contribution is 6.03. The van der Waals surface area contributed by atoms with Gasteiger partial charge in [-0.2, -0.15) is 0 Å². The van der Waals surface area contributed by atoms with Gasteiger partial charge in [-0.05, 0) is 48.4 Å². The monoisotopic (exact) mass is 441 g/mol. The van der Waals surface area contributed by atoms with Gasteiger partial charge in [-0.3, -0.25) is 4.79 Å². The molecule has 6 nitrogen and oxygen atoms in total. The van der Waals surface area contributed by atoms with Crippen molar-refractivity contribution in [1.29, 1.82) is 0 Å². The number of para-hydroxylation sites is 3. The zero-order valence-electron chi connectivity index (χ0n) is 18.7. The van der Waals surface area contributed by atoms with Crippen LogP contribution in [-0.2, 0) is 11.2 Å². The molecule has 1 amide bonds. The predicted molar refractivity (Wildman–Crippen MR) is 129 cm³/mol. The minimum absolute atomic E-state index is 0.197. The van der Waals surface area contributed by atoms with E-state index >= 15 is 0 Å². The number of carbonyl (C=O) groups is 1. The second-order valence-electron chi connectivity index (χ2n) is 8.22. The van der Waals surface area contributed by atoms with Crippen LogP contribution in [0.5, 0.6) is 17.2 Å². The van der Waals surface area contributed by atoms with E-state index in [2.05, 4.69) is 4.90 Å². The molecule has 3 aromatic rings. The highest BCUT2D eigenvalue weighted by atomic mass is 16.5. The second-order valence-corrected chi connectivity index (χ2v) is 8.22. The number of methoxy groups -OCH3 is 1. The summed E-state index contributed by atoms with van der Waals surface area (Å²) in [5.41, 5.74) is 2.94. The summed E-state index contributed by atoms with van der Waals surface area (Å²) in [4.78, 5) is 22.0. The summed E-state index contributed by atoms with van der Waals surface area (Å²) in [7, 11) is 1.66. The largest absolute Gasteiger partial charge is 0.497 e. The number of benzene rings is 3. The number of rotatable bonds is 4. The number of ether oxygens (including phenoxy) is 2. The van der Waals surface area contributed by atoms with Crippen LogP contribution in [0, 0.1) is 0 Å². The lowest BCUT2D eigenvalue weighted by Crippen LogP contribution is -2.50. The fraction of sp³-hybridized carbons (Fsp3) is 0.259. The van der Waals surface area contributed by atoms with Crippen molar-refractivity contribution in [3.05, 3.63) is 83.9 Å². The molecule has 5 rings (SSSR count). The topological polar surface area (TPSA) is 54.4 Å². The third kappa shape index (κ3) is 4.55. The first-order valence-electron chi connectivity index (χ1n) is 11.3. The Labute approximate surface area is 194 Å². The Morgan fingerprint density at radius 3 is 2.36 bits per heavy atom. The average Bonchev–Trinajstić information content (AvgIpc) is 3.04. The molecule has 6 heteroatoms. The van der Waals surface area contributed by atoms with E-state index in [9.17, 15) is 4.79 Å². The molecule has 0 spiro atoms. The normalized spacial score (nSPS) is 15.0. The van der Waals surface area contributed by atoms with Gasteiger partial charge in [0.1, 0.15) is 23.0 Å². The minimum Gasteiger partial charge on any atom is -0.497 e. The van der Waals surface area contributed by atoms with Crippen LogP contribution < -0.4 is 9.47 Å². The Kier molecular flexibility index (Phi) is 5.98. The van der Waals surface area contributed by atoms with E-state index in [-0.39, 0.29) is 5.91 Å². The summed E-state index contributed by atoms with van der Waals surface area (Å²) in [6.45, 7) is 2.85. The zero-order valence-corrected chi connectivity index (χ0v) is 18.7. The molecule has 2 aliphatic heterocycles. The van der Waals surface area contributed by atoms with Crippen molar-refractivity contribution in [3.63, 3.8) is 0 Å². The standard InChI is InChI=1S/C27H27N3O3/c1-32-21-13-10-20(11-14-21)12-15-26(31)29-16-18-30(19-17-29)27-22-6-2-4-8-24(22)33-25-9-5-3-7-23(25)28-27/h2-11,13-14H,12,15-19H2,1H3. The van der Waals surface area contributed by atoms with E-state index in [4.69, 9.17) is 14.5 Å². The number of nitrogens with zero attached hydrogens (tertiary/aromatic N) is 3. The lowest BCUT2D eigenvalue weighted by Gasteiger charge is -2.36. The smallest absolute Gasteiger partial charge is 0.223 e. The van der Waals surface area contributed by atoms with Gasteiger partial charge in [-0.1, -0.05) is 36.4 Å². The first kappa shape index (κ1) is 21.1. The van der Waals surface area contributed by atoms with Gasteiger partial charge < -0.3 is 19.3 Å². The summed E-state index contributed by atoms with van der Waals surface area (Å²) >= 11 is 0. The molecule has 0 radical (unpaired) electrons.